The lowest BCUT2D eigenvalue weighted by Crippen LogP contribution is -2.26. The van der Waals surface area contributed by atoms with Gasteiger partial charge in [0, 0.05) is 0 Å². The van der Waals surface area contributed by atoms with E-state index in [0.717, 1.165) is 24.6 Å². The average molecular weight is 281 g/mol. The molecule has 0 bridgehead atoms. The third kappa shape index (κ3) is 3.27. The van der Waals surface area contributed by atoms with Crippen LogP contribution in [0, 0.1) is 13.8 Å². The van der Waals surface area contributed by atoms with Crippen molar-refractivity contribution in [1.82, 2.24) is 5.32 Å². The van der Waals surface area contributed by atoms with Crippen molar-refractivity contribution in [2.24, 2.45) is 0 Å². The summed E-state index contributed by atoms with van der Waals surface area (Å²) in [6, 6.07) is 14.8. The molecule has 3 rings (SSSR count). The number of piperidine rings is 1. The Morgan fingerprint density at radius 1 is 0.952 bits per heavy atom. The van der Waals surface area contributed by atoms with Gasteiger partial charge in [0.25, 0.3) is 0 Å². The highest BCUT2D eigenvalue weighted by Gasteiger charge is 2.19. The van der Waals surface area contributed by atoms with Crippen LogP contribution in [-0.4, -0.2) is 13.1 Å². The van der Waals surface area contributed by atoms with Crippen LogP contribution in [-0.2, 0) is 0 Å². The maximum Gasteiger partial charge on any atom is 0.130 e. The molecule has 0 aromatic heterocycles. The molecule has 2 heteroatoms. The predicted molar refractivity (Wildman–Crippen MR) is 87.3 cm³/mol. The summed E-state index contributed by atoms with van der Waals surface area (Å²) < 4.78 is 6.23. The summed E-state index contributed by atoms with van der Waals surface area (Å²) in [5.41, 5.74) is 3.81. The molecule has 0 spiro atoms. The van der Waals surface area contributed by atoms with Crippen molar-refractivity contribution in [3.05, 3.63) is 59.2 Å². The topological polar surface area (TPSA) is 21.3 Å². The van der Waals surface area contributed by atoms with Crippen molar-refractivity contribution in [2.75, 3.05) is 13.1 Å². The van der Waals surface area contributed by atoms with Crippen molar-refractivity contribution < 1.29 is 4.74 Å². The quantitative estimate of drug-likeness (QED) is 0.890. The molecule has 1 aliphatic heterocycles. The molecule has 1 heterocycles. The summed E-state index contributed by atoms with van der Waals surface area (Å²) in [7, 11) is 0. The summed E-state index contributed by atoms with van der Waals surface area (Å²) in [4.78, 5) is 0. The van der Waals surface area contributed by atoms with Gasteiger partial charge in [0.05, 0.1) is 0 Å². The molecule has 0 aliphatic carbocycles. The third-order valence-electron chi connectivity index (χ3n) is 4.25. The van der Waals surface area contributed by atoms with Crippen LogP contribution < -0.4 is 10.1 Å². The highest BCUT2D eigenvalue weighted by molar-refractivity contribution is 5.43. The monoisotopic (exact) mass is 281 g/mol. The van der Waals surface area contributed by atoms with Crippen LogP contribution in [0.5, 0.6) is 11.5 Å². The fraction of sp³-hybridized carbons (Fsp3) is 0.368. The summed E-state index contributed by atoms with van der Waals surface area (Å²) in [5.74, 6) is 2.58. The Hall–Kier alpha value is -1.80. The number of hydrogen-bond acceptors (Lipinski definition) is 2. The largest absolute Gasteiger partial charge is 0.457 e. The van der Waals surface area contributed by atoms with E-state index >= 15 is 0 Å². The minimum Gasteiger partial charge on any atom is -0.457 e. The Morgan fingerprint density at radius 2 is 1.71 bits per heavy atom. The van der Waals surface area contributed by atoms with E-state index < -0.39 is 0 Å². The zero-order valence-electron chi connectivity index (χ0n) is 12.9. The van der Waals surface area contributed by atoms with Gasteiger partial charge in [0.15, 0.2) is 0 Å². The normalized spacial score (nSPS) is 15.9. The van der Waals surface area contributed by atoms with Crippen molar-refractivity contribution in [2.45, 2.75) is 32.6 Å². The number of benzene rings is 2. The molecule has 0 atom stereocenters. The summed E-state index contributed by atoms with van der Waals surface area (Å²) in [6.07, 6.45) is 2.38. The van der Waals surface area contributed by atoms with Gasteiger partial charge in [-0.05, 0) is 69.0 Å². The SMILES string of the molecule is Cc1ccc(Oc2ccccc2C2CCNCC2)c(C)c1. The molecule has 1 fully saturated rings. The first-order chi connectivity index (χ1) is 10.2. The minimum absolute atomic E-state index is 0.605. The van der Waals surface area contributed by atoms with Gasteiger partial charge < -0.3 is 10.1 Å². The fourth-order valence-corrected chi connectivity index (χ4v) is 3.08. The summed E-state index contributed by atoms with van der Waals surface area (Å²) in [6.45, 7) is 6.42. The second-order valence-corrected chi connectivity index (χ2v) is 5.93. The second-order valence-electron chi connectivity index (χ2n) is 5.93. The number of para-hydroxylation sites is 1. The lowest BCUT2D eigenvalue weighted by atomic mass is 9.89. The van der Waals surface area contributed by atoms with E-state index in [1.165, 1.54) is 29.5 Å². The smallest absolute Gasteiger partial charge is 0.130 e. The summed E-state index contributed by atoms with van der Waals surface area (Å²) in [5, 5.41) is 3.43. The third-order valence-corrected chi connectivity index (χ3v) is 4.25. The molecule has 1 N–H and O–H groups in total. The van der Waals surface area contributed by atoms with Crippen LogP contribution in [0.2, 0.25) is 0 Å². The van der Waals surface area contributed by atoms with Crippen LogP contribution >= 0.6 is 0 Å². The van der Waals surface area contributed by atoms with E-state index in [-0.39, 0.29) is 0 Å². The maximum absolute atomic E-state index is 6.23. The predicted octanol–water partition coefficient (Wildman–Crippen LogP) is 4.56. The Morgan fingerprint density at radius 3 is 2.48 bits per heavy atom. The van der Waals surface area contributed by atoms with Gasteiger partial charge in [-0.25, -0.2) is 0 Å². The van der Waals surface area contributed by atoms with Crippen LogP contribution in [0.4, 0.5) is 0 Å². The zero-order chi connectivity index (χ0) is 14.7. The first kappa shape index (κ1) is 14.2. The Balaban J connectivity index is 1.88. The number of rotatable bonds is 3. The van der Waals surface area contributed by atoms with Gasteiger partial charge in [-0.2, -0.15) is 0 Å². The van der Waals surface area contributed by atoms with Gasteiger partial charge in [-0.1, -0.05) is 35.9 Å². The van der Waals surface area contributed by atoms with Gasteiger partial charge in [0.2, 0.25) is 0 Å². The van der Waals surface area contributed by atoms with E-state index in [2.05, 4.69) is 61.6 Å². The fourth-order valence-electron chi connectivity index (χ4n) is 3.08. The van der Waals surface area contributed by atoms with Gasteiger partial charge in [0.1, 0.15) is 11.5 Å². The van der Waals surface area contributed by atoms with Gasteiger partial charge in [-0.3, -0.25) is 0 Å². The van der Waals surface area contributed by atoms with Crippen LogP contribution in [0.3, 0.4) is 0 Å². The minimum atomic E-state index is 0.605. The van der Waals surface area contributed by atoms with Crippen LogP contribution in [0.1, 0.15) is 35.4 Å². The van der Waals surface area contributed by atoms with Crippen LogP contribution in [0.15, 0.2) is 42.5 Å². The molecule has 1 aliphatic rings. The Kier molecular flexibility index (Phi) is 4.26. The molecule has 0 unspecified atom stereocenters. The molecular weight excluding hydrogens is 258 g/mol. The van der Waals surface area contributed by atoms with E-state index in [4.69, 9.17) is 4.74 Å². The molecular formula is C19H23NO. The van der Waals surface area contributed by atoms with E-state index in [1.807, 2.05) is 0 Å². The molecule has 0 radical (unpaired) electrons. The average Bonchev–Trinajstić information content (AvgIpc) is 2.51. The Labute approximate surface area is 127 Å². The van der Waals surface area contributed by atoms with Crippen molar-refractivity contribution in [3.63, 3.8) is 0 Å². The van der Waals surface area contributed by atoms with E-state index in [9.17, 15) is 0 Å². The first-order valence-electron chi connectivity index (χ1n) is 7.79. The number of aryl methyl sites for hydroxylation is 2. The molecule has 2 aromatic rings. The maximum atomic E-state index is 6.23. The Bertz CT molecular complexity index is 615. The first-order valence-corrected chi connectivity index (χ1v) is 7.79. The molecule has 1 saturated heterocycles. The number of hydrogen-bond donors (Lipinski definition) is 1. The van der Waals surface area contributed by atoms with Crippen molar-refractivity contribution in [3.8, 4) is 11.5 Å². The van der Waals surface area contributed by atoms with Crippen molar-refractivity contribution >= 4 is 0 Å². The molecule has 0 saturated carbocycles. The molecule has 21 heavy (non-hydrogen) atoms. The van der Waals surface area contributed by atoms with Crippen LogP contribution in [0.25, 0.3) is 0 Å². The standard InChI is InChI=1S/C19H23NO/c1-14-7-8-18(15(2)13-14)21-19-6-4-3-5-17(19)16-9-11-20-12-10-16/h3-8,13,16,20H,9-12H2,1-2H3. The van der Waals surface area contributed by atoms with Crippen molar-refractivity contribution in [1.29, 1.82) is 0 Å². The molecule has 0 amide bonds. The molecule has 110 valence electrons. The van der Waals surface area contributed by atoms with E-state index in [0.29, 0.717) is 5.92 Å². The lowest BCUT2D eigenvalue weighted by molar-refractivity contribution is 0.428. The zero-order valence-corrected chi connectivity index (χ0v) is 12.9. The van der Waals surface area contributed by atoms with Gasteiger partial charge >= 0.3 is 0 Å². The van der Waals surface area contributed by atoms with Gasteiger partial charge in [-0.15, -0.1) is 0 Å². The highest BCUT2D eigenvalue weighted by Crippen LogP contribution is 2.35. The molecule has 2 nitrogen and oxygen atoms in total. The number of nitrogens with one attached hydrogen (secondary N) is 1. The highest BCUT2D eigenvalue weighted by atomic mass is 16.5. The second kappa shape index (κ2) is 6.31. The number of ether oxygens (including phenoxy) is 1. The lowest BCUT2D eigenvalue weighted by Gasteiger charge is -2.25. The summed E-state index contributed by atoms with van der Waals surface area (Å²) >= 11 is 0. The van der Waals surface area contributed by atoms with E-state index in [1.54, 1.807) is 0 Å². The molecule has 2 aromatic carbocycles.